The van der Waals surface area contributed by atoms with Gasteiger partial charge in [-0.15, -0.1) is 0 Å². The maximum absolute atomic E-state index is 11.6. The minimum atomic E-state index is -0.409. The molecule has 116 valence electrons. The van der Waals surface area contributed by atoms with Gasteiger partial charge in [0.2, 0.25) is 0 Å². The fourth-order valence-electron chi connectivity index (χ4n) is 2.20. The van der Waals surface area contributed by atoms with Gasteiger partial charge in [0, 0.05) is 19.6 Å². The Morgan fingerprint density at radius 2 is 1.95 bits per heavy atom. The molecular weight excluding hydrogens is 272 g/mol. The highest BCUT2D eigenvalue weighted by Gasteiger charge is 2.25. The minimum Gasteiger partial charge on any atom is -0.410 e. The summed E-state index contributed by atoms with van der Waals surface area (Å²) in [5.74, 6) is 0.531. The van der Waals surface area contributed by atoms with Crippen molar-refractivity contribution in [3.05, 3.63) is 30.3 Å². The van der Waals surface area contributed by atoms with E-state index in [1.807, 2.05) is 6.07 Å². The van der Waals surface area contributed by atoms with Gasteiger partial charge in [-0.2, -0.15) is 0 Å². The first-order valence-electron chi connectivity index (χ1n) is 7.24. The SMILES string of the molecule is O=C(Oc1ccccc1)N1CCC(O)C1.OC1CCNC1. The fraction of sp³-hybridized carbons (Fsp3) is 0.533. The van der Waals surface area contributed by atoms with E-state index in [0.29, 0.717) is 25.3 Å². The number of hydrogen-bond donors (Lipinski definition) is 3. The summed E-state index contributed by atoms with van der Waals surface area (Å²) in [6, 6.07) is 8.93. The molecule has 0 spiro atoms. The van der Waals surface area contributed by atoms with E-state index in [1.54, 1.807) is 24.3 Å². The van der Waals surface area contributed by atoms with Gasteiger partial charge < -0.3 is 25.2 Å². The monoisotopic (exact) mass is 294 g/mol. The molecule has 2 aliphatic rings. The highest BCUT2D eigenvalue weighted by Crippen LogP contribution is 2.14. The zero-order chi connectivity index (χ0) is 15.1. The second-order valence-corrected chi connectivity index (χ2v) is 5.22. The molecule has 2 unspecified atom stereocenters. The van der Waals surface area contributed by atoms with E-state index in [-0.39, 0.29) is 6.10 Å². The molecule has 2 heterocycles. The zero-order valence-corrected chi connectivity index (χ0v) is 11.9. The van der Waals surface area contributed by atoms with Crippen LogP contribution < -0.4 is 10.1 Å². The number of benzene rings is 1. The molecule has 0 bridgehead atoms. The largest absolute Gasteiger partial charge is 0.415 e. The standard InChI is InChI=1S/C11H13NO3.C4H9NO/c13-9-6-7-12(8-9)11(14)15-10-4-2-1-3-5-10;6-4-1-2-5-3-4/h1-5,9,13H,6-8H2;4-6H,1-3H2. The molecule has 1 aromatic rings. The van der Waals surface area contributed by atoms with E-state index in [1.165, 1.54) is 4.90 Å². The Kier molecular flexibility index (Phi) is 5.98. The Balaban J connectivity index is 0.000000225. The molecule has 21 heavy (non-hydrogen) atoms. The Morgan fingerprint density at radius 1 is 1.19 bits per heavy atom. The van der Waals surface area contributed by atoms with Crippen molar-refractivity contribution in [2.45, 2.75) is 25.0 Å². The summed E-state index contributed by atoms with van der Waals surface area (Å²) < 4.78 is 5.12. The summed E-state index contributed by atoms with van der Waals surface area (Å²) in [6.45, 7) is 2.71. The molecule has 0 saturated carbocycles. The number of ether oxygens (including phenoxy) is 1. The average molecular weight is 294 g/mol. The van der Waals surface area contributed by atoms with Crippen LogP contribution in [0.4, 0.5) is 4.79 Å². The highest BCUT2D eigenvalue weighted by molar-refractivity contribution is 5.71. The predicted molar refractivity (Wildman–Crippen MR) is 78.2 cm³/mol. The molecule has 3 N–H and O–H groups in total. The molecule has 1 amide bonds. The lowest BCUT2D eigenvalue weighted by Gasteiger charge is -2.14. The average Bonchev–Trinajstić information content (AvgIpc) is 3.12. The van der Waals surface area contributed by atoms with Gasteiger partial charge in [0.1, 0.15) is 5.75 Å². The van der Waals surface area contributed by atoms with Crippen LogP contribution in [0.5, 0.6) is 5.75 Å². The van der Waals surface area contributed by atoms with Gasteiger partial charge in [0.05, 0.1) is 12.2 Å². The number of hydrogen-bond acceptors (Lipinski definition) is 5. The molecule has 3 rings (SSSR count). The van der Waals surface area contributed by atoms with Crippen LogP contribution in [0.2, 0.25) is 0 Å². The number of nitrogens with zero attached hydrogens (tertiary/aromatic N) is 1. The maximum atomic E-state index is 11.6. The molecule has 6 nitrogen and oxygen atoms in total. The van der Waals surface area contributed by atoms with Crippen molar-refractivity contribution in [3.8, 4) is 5.75 Å². The predicted octanol–water partition coefficient (Wildman–Crippen LogP) is 0.593. The van der Waals surface area contributed by atoms with E-state index >= 15 is 0 Å². The number of rotatable bonds is 1. The molecule has 0 aromatic heterocycles. The summed E-state index contributed by atoms with van der Waals surface area (Å²) >= 11 is 0. The quantitative estimate of drug-likeness (QED) is 0.706. The minimum absolute atomic E-state index is 0.0648. The number of nitrogens with one attached hydrogen (secondary N) is 1. The van der Waals surface area contributed by atoms with Gasteiger partial charge in [0.15, 0.2) is 0 Å². The van der Waals surface area contributed by atoms with Crippen molar-refractivity contribution in [1.82, 2.24) is 10.2 Å². The molecular formula is C15H22N2O4. The fourth-order valence-corrected chi connectivity index (χ4v) is 2.20. The number of amides is 1. The van der Waals surface area contributed by atoms with Gasteiger partial charge in [-0.1, -0.05) is 18.2 Å². The maximum Gasteiger partial charge on any atom is 0.415 e. The second-order valence-electron chi connectivity index (χ2n) is 5.22. The molecule has 2 fully saturated rings. The van der Waals surface area contributed by atoms with Gasteiger partial charge in [-0.25, -0.2) is 4.79 Å². The van der Waals surface area contributed by atoms with Crippen molar-refractivity contribution in [1.29, 1.82) is 0 Å². The molecule has 1 aromatic carbocycles. The third-order valence-electron chi connectivity index (χ3n) is 3.40. The topological polar surface area (TPSA) is 82.0 Å². The Morgan fingerprint density at radius 3 is 2.43 bits per heavy atom. The van der Waals surface area contributed by atoms with Crippen LogP contribution in [0.3, 0.4) is 0 Å². The second kappa shape index (κ2) is 7.97. The van der Waals surface area contributed by atoms with Crippen molar-refractivity contribution in [3.63, 3.8) is 0 Å². The van der Waals surface area contributed by atoms with Gasteiger partial charge in [-0.05, 0) is 31.5 Å². The van der Waals surface area contributed by atoms with Crippen molar-refractivity contribution in [2.75, 3.05) is 26.2 Å². The summed E-state index contributed by atoms with van der Waals surface area (Å²) in [5.41, 5.74) is 0. The first-order chi connectivity index (χ1) is 10.1. The third kappa shape index (κ3) is 5.34. The van der Waals surface area contributed by atoms with E-state index in [9.17, 15) is 9.90 Å². The Labute approximate surface area is 124 Å². The summed E-state index contributed by atoms with van der Waals surface area (Å²) in [6.07, 6.45) is 0.695. The van der Waals surface area contributed by atoms with E-state index in [4.69, 9.17) is 9.84 Å². The lowest BCUT2D eigenvalue weighted by atomic mass is 10.3. The van der Waals surface area contributed by atoms with E-state index in [2.05, 4.69) is 5.32 Å². The van der Waals surface area contributed by atoms with Gasteiger partial charge in [-0.3, -0.25) is 0 Å². The summed E-state index contributed by atoms with van der Waals surface area (Å²) in [4.78, 5) is 13.1. The number of para-hydroxylation sites is 1. The van der Waals surface area contributed by atoms with Crippen molar-refractivity contribution in [2.24, 2.45) is 0 Å². The van der Waals surface area contributed by atoms with Crippen LogP contribution in [-0.4, -0.2) is 59.6 Å². The highest BCUT2D eigenvalue weighted by atomic mass is 16.6. The van der Waals surface area contributed by atoms with Crippen LogP contribution in [0, 0.1) is 0 Å². The number of carbonyl (C=O) groups excluding carboxylic acids is 1. The molecule has 6 heteroatoms. The number of β-amino-alcohol motifs (C(OH)–C–C–N with tert-alkyl or cyclic N) is 2. The summed E-state index contributed by atoms with van der Waals surface area (Å²) in [7, 11) is 0. The molecule has 0 aliphatic carbocycles. The van der Waals surface area contributed by atoms with Crippen LogP contribution in [-0.2, 0) is 0 Å². The number of carbonyl (C=O) groups is 1. The zero-order valence-electron chi connectivity index (χ0n) is 11.9. The van der Waals surface area contributed by atoms with Gasteiger partial charge in [0.25, 0.3) is 0 Å². The van der Waals surface area contributed by atoms with E-state index in [0.717, 1.165) is 19.5 Å². The van der Waals surface area contributed by atoms with E-state index < -0.39 is 12.2 Å². The number of likely N-dealkylation sites (tertiary alicyclic amines) is 1. The van der Waals surface area contributed by atoms with Crippen LogP contribution in [0.1, 0.15) is 12.8 Å². The first kappa shape index (κ1) is 15.8. The number of aliphatic hydroxyl groups excluding tert-OH is 2. The van der Waals surface area contributed by atoms with Crippen molar-refractivity contribution >= 4 is 6.09 Å². The normalized spacial score (nSPS) is 24.4. The van der Waals surface area contributed by atoms with Crippen LogP contribution >= 0.6 is 0 Å². The third-order valence-corrected chi connectivity index (χ3v) is 3.40. The van der Waals surface area contributed by atoms with Gasteiger partial charge >= 0.3 is 6.09 Å². The molecule has 0 radical (unpaired) electrons. The lowest BCUT2D eigenvalue weighted by molar-refractivity contribution is 0.145. The lowest BCUT2D eigenvalue weighted by Crippen LogP contribution is -2.32. The molecule has 2 atom stereocenters. The Bertz CT molecular complexity index is 435. The first-order valence-corrected chi connectivity index (χ1v) is 7.24. The molecule has 2 aliphatic heterocycles. The van der Waals surface area contributed by atoms with Crippen molar-refractivity contribution < 1.29 is 19.7 Å². The van der Waals surface area contributed by atoms with Crippen LogP contribution in [0.15, 0.2) is 30.3 Å². The summed E-state index contributed by atoms with van der Waals surface area (Å²) in [5, 5.41) is 21.0. The number of aliphatic hydroxyl groups is 2. The molecule has 2 saturated heterocycles. The Hall–Kier alpha value is -1.63. The smallest absolute Gasteiger partial charge is 0.410 e. The van der Waals surface area contributed by atoms with Crippen LogP contribution in [0.25, 0.3) is 0 Å².